The summed E-state index contributed by atoms with van der Waals surface area (Å²) < 4.78 is 0.812. The summed E-state index contributed by atoms with van der Waals surface area (Å²) in [6.45, 7) is 7.87. The number of nitrogens with one attached hydrogen (secondary N) is 2. The molecule has 0 spiro atoms. The van der Waals surface area contributed by atoms with Gasteiger partial charge in [-0.3, -0.25) is 0 Å². The van der Waals surface area contributed by atoms with E-state index in [2.05, 4.69) is 50.4 Å². The number of nitrogens with zero attached hydrogens (tertiary/aromatic N) is 2. The maximum Gasteiger partial charge on any atom is 0.146 e. The molecule has 0 aliphatic heterocycles. The lowest BCUT2D eigenvalue weighted by atomic mass is 9.71. The number of aromatic nitrogens is 2. The number of aliphatic hydroxyl groups is 1. The van der Waals surface area contributed by atoms with Crippen LogP contribution in [0.4, 0.5) is 11.6 Å². The number of hydrogen-bond acceptors (Lipinski definition) is 5. The fraction of sp³-hybridized carbons (Fsp3) is 0.733. The standard InChI is InChI=1S/C15H25BrN4O/c1-4-17-12-11(16)13(20-10-19-12)18-9-15(21)7-5-14(2,3)6-8-15/h10,21H,4-9H2,1-3H3,(H2,17,18,19,20). The second-order valence-corrected chi connectivity index (χ2v) is 7.45. The van der Waals surface area contributed by atoms with Crippen LogP contribution in [-0.4, -0.2) is 33.8 Å². The Balaban J connectivity index is 1.98. The molecule has 1 aliphatic carbocycles. The first-order chi connectivity index (χ1) is 9.85. The van der Waals surface area contributed by atoms with E-state index in [1.54, 1.807) is 0 Å². The Hall–Kier alpha value is -0.880. The monoisotopic (exact) mass is 356 g/mol. The summed E-state index contributed by atoms with van der Waals surface area (Å²) in [7, 11) is 0. The van der Waals surface area contributed by atoms with Crippen LogP contribution >= 0.6 is 15.9 Å². The maximum absolute atomic E-state index is 10.7. The number of halogens is 1. The van der Waals surface area contributed by atoms with Gasteiger partial charge < -0.3 is 15.7 Å². The summed E-state index contributed by atoms with van der Waals surface area (Å²) >= 11 is 3.51. The van der Waals surface area contributed by atoms with Crippen LogP contribution in [0.1, 0.15) is 46.5 Å². The number of rotatable bonds is 5. The predicted molar refractivity (Wildman–Crippen MR) is 89.6 cm³/mol. The normalized spacial score (nSPS) is 20.0. The third-order valence-electron chi connectivity index (χ3n) is 4.25. The third kappa shape index (κ3) is 4.30. The van der Waals surface area contributed by atoms with Crippen molar-refractivity contribution in [2.75, 3.05) is 23.7 Å². The molecule has 0 amide bonds. The fourth-order valence-electron chi connectivity index (χ4n) is 2.60. The SMILES string of the molecule is CCNc1ncnc(NCC2(O)CCC(C)(C)CC2)c1Br. The molecule has 1 heterocycles. The minimum Gasteiger partial charge on any atom is -0.388 e. The molecule has 118 valence electrons. The van der Waals surface area contributed by atoms with E-state index in [0.29, 0.717) is 12.0 Å². The third-order valence-corrected chi connectivity index (χ3v) is 5.00. The molecular formula is C15H25BrN4O. The zero-order valence-corrected chi connectivity index (χ0v) is 14.6. The van der Waals surface area contributed by atoms with Crippen molar-refractivity contribution < 1.29 is 5.11 Å². The minimum absolute atomic E-state index is 0.347. The van der Waals surface area contributed by atoms with Crippen LogP contribution in [0.5, 0.6) is 0 Å². The summed E-state index contributed by atoms with van der Waals surface area (Å²) in [5.74, 6) is 1.49. The zero-order chi connectivity index (χ0) is 15.5. The van der Waals surface area contributed by atoms with Gasteiger partial charge >= 0.3 is 0 Å². The average molecular weight is 357 g/mol. The molecule has 6 heteroatoms. The van der Waals surface area contributed by atoms with E-state index < -0.39 is 5.60 Å². The minimum atomic E-state index is -0.641. The molecular weight excluding hydrogens is 332 g/mol. The molecule has 0 atom stereocenters. The van der Waals surface area contributed by atoms with Gasteiger partial charge in [-0.25, -0.2) is 9.97 Å². The Morgan fingerprint density at radius 1 is 1.14 bits per heavy atom. The summed E-state index contributed by atoms with van der Waals surface area (Å²) in [5.41, 5.74) is -0.293. The summed E-state index contributed by atoms with van der Waals surface area (Å²) in [6.07, 6.45) is 5.29. The van der Waals surface area contributed by atoms with Crippen molar-refractivity contribution in [1.29, 1.82) is 0 Å². The van der Waals surface area contributed by atoms with Crippen molar-refractivity contribution in [3.8, 4) is 0 Å². The molecule has 3 N–H and O–H groups in total. The molecule has 5 nitrogen and oxygen atoms in total. The Kier molecular flexibility index (Phi) is 5.09. The molecule has 1 aliphatic rings. The van der Waals surface area contributed by atoms with E-state index in [9.17, 15) is 5.11 Å². The van der Waals surface area contributed by atoms with Gasteiger partial charge in [0.15, 0.2) is 0 Å². The topological polar surface area (TPSA) is 70.1 Å². The largest absolute Gasteiger partial charge is 0.388 e. The predicted octanol–water partition coefficient (Wildman–Crippen LogP) is 3.41. The van der Waals surface area contributed by atoms with E-state index >= 15 is 0 Å². The van der Waals surface area contributed by atoms with Crippen LogP contribution in [-0.2, 0) is 0 Å². The fourth-order valence-corrected chi connectivity index (χ4v) is 3.09. The molecule has 0 radical (unpaired) electrons. The van der Waals surface area contributed by atoms with Gasteiger partial charge in [-0.2, -0.15) is 0 Å². The van der Waals surface area contributed by atoms with Gasteiger partial charge in [-0.05, 0) is 54.0 Å². The highest BCUT2D eigenvalue weighted by Crippen LogP contribution is 2.40. The molecule has 0 unspecified atom stereocenters. The summed E-state index contributed by atoms with van der Waals surface area (Å²) in [6, 6.07) is 0. The average Bonchev–Trinajstić information content (AvgIpc) is 2.44. The lowest BCUT2D eigenvalue weighted by Gasteiger charge is -2.40. The van der Waals surface area contributed by atoms with Crippen molar-refractivity contribution >= 4 is 27.6 Å². The van der Waals surface area contributed by atoms with Gasteiger partial charge in [0, 0.05) is 13.1 Å². The van der Waals surface area contributed by atoms with Gasteiger partial charge in [0.2, 0.25) is 0 Å². The van der Waals surface area contributed by atoms with Crippen molar-refractivity contribution in [2.45, 2.75) is 52.1 Å². The Morgan fingerprint density at radius 3 is 2.29 bits per heavy atom. The smallest absolute Gasteiger partial charge is 0.146 e. The highest BCUT2D eigenvalue weighted by molar-refractivity contribution is 9.10. The summed E-state index contributed by atoms with van der Waals surface area (Å²) in [4.78, 5) is 8.43. The Morgan fingerprint density at radius 2 is 1.71 bits per heavy atom. The molecule has 0 saturated heterocycles. The van der Waals surface area contributed by atoms with Crippen LogP contribution in [0.2, 0.25) is 0 Å². The van der Waals surface area contributed by atoms with E-state index in [-0.39, 0.29) is 0 Å². The van der Waals surface area contributed by atoms with Gasteiger partial charge in [-0.15, -0.1) is 0 Å². The number of anilines is 2. The van der Waals surface area contributed by atoms with Crippen LogP contribution in [0, 0.1) is 5.41 Å². The van der Waals surface area contributed by atoms with E-state index in [1.165, 1.54) is 6.33 Å². The molecule has 1 saturated carbocycles. The van der Waals surface area contributed by atoms with Crippen molar-refractivity contribution in [3.63, 3.8) is 0 Å². The van der Waals surface area contributed by atoms with Crippen LogP contribution in [0.3, 0.4) is 0 Å². The maximum atomic E-state index is 10.7. The summed E-state index contributed by atoms with van der Waals surface area (Å²) in [5, 5.41) is 17.1. The molecule has 0 bridgehead atoms. The second kappa shape index (κ2) is 6.48. The molecule has 1 aromatic heterocycles. The van der Waals surface area contributed by atoms with Crippen LogP contribution in [0.25, 0.3) is 0 Å². The molecule has 0 aromatic carbocycles. The lowest BCUT2D eigenvalue weighted by Crippen LogP contribution is -2.42. The molecule has 1 aromatic rings. The van der Waals surface area contributed by atoms with Crippen LogP contribution < -0.4 is 10.6 Å². The van der Waals surface area contributed by atoms with E-state index in [0.717, 1.165) is 48.3 Å². The van der Waals surface area contributed by atoms with E-state index in [1.807, 2.05) is 6.92 Å². The number of hydrogen-bond donors (Lipinski definition) is 3. The first-order valence-corrected chi connectivity index (χ1v) is 8.35. The molecule has 2 rings (SSSR count). The van der Waals surface area contributed by atoms with Gasteiger partial charge in [0.1, 0.15) is 22.4 Å². The molecule has 21 heavy (non-hydrogen) atoms. The van der Waals surface area contributed by atoms with Crippen molar-refractivity contribution in [2.24, 2.45) is 5.41 Å². The van der Waals surface area contributed by atoms with E-state index in [4.69, 9.17) is 0 Å². The van der Waals surface area contributed by atoms with Crippen LogP contribution in [0.15, 0.2) is 10.8 Å². The van der Waals surface area contributed by atoms with Crippen molar-refractivity contribution in [1.82, 2.24) is 9.97 Å². The van der Waals surface area contributed by atoms with Crippen molar-refractivity contribution in [3.05, 3.63) is 10.8 Å². The molecule has 1 fully saturated rings. The van der Waals surface area contributed by atoms with Gasteiger partial charge in [0.25, 0.3) is 0 Å². The van der Waals surface area contributed by atoms with Gasteiger partial charge in [-0.1, -0.05) is 13.8 Å². The second-order valence-electron chi connectivity index (χ2n) is 6.66. The van der Waals surface area contributed by atoms with Gasteiger partial charge in [0.05, 0.1) is 5.60 Å². The quantitative estimate of drug-likeness (QED) is 0.753. The first-order valence-electron chi connectivity index (χ1n) is 7.56. The Labute approximate surface area is 135 Å². The lowest BCUT2D eigenvalue weighted by molar-refractivity contribution is -0.0146. The first kappa shape index (κ1) is 16.5. The Bertz CT molecular complexity index is 483. The highest BCUT2D eigenvalue weighted by Gasteiger charge is 2.36. The zero-order valence-electron chi connectivity index (χ0n) is 13.0. The highest BCUT2D eigenvalue weighted by atomic mass is 79.9.